The maximum atomic E-state index is 13.6. The summed E-state index contributed by atoms with van der Waals surface area (Å²) < 4.78 is 25.3. The molecule has 2 heterocycles. The highest BCUT2D eigenvalue weighted by atomic mass is 32.2. The van der Waals surface area contributed by atoms with Crippen LogP contribution in [0.2, 0.25) is 0 Å². The first-order valence-electron chi connectivity index (χ1n) is 10.2. The van der Waals surface area contributed by atoms with Crippen LogP contribution in [0.4, 0.5) is 11.4 Å². The molecule has 30 heavy (non-hydrogen) atoms. The van der Waals surface area contributed by atoms with E-state index in [9.17, 15) is 14.3 Å². The fourth-order valence-electron chi connectivity index (χ4n) is 4.90. The Labute approximate surface area is 177 Å². The Bertz CT molecular complexity index is 976. The van der Waals surface area contributed by atoms with Crippen molar-refractivity contribution in [3.8, 4) is 0 Å². The number of ether oxygens (including phenoxy) is 2. The third-order valence-electron chi connectivity index (χ3n) is 6.59. The second-order valence-corrected chi connectivity index (χ2v) is 9.83. The Morgan fingerprint density at radius 1 is 1.00 bits per heavy atom. The van der Waals surface area contributed by atoms with Crippen LogP contribution in [0.25, 0.3) is 0 Å². The molecule has 2 unspecified atom stereocenters. The van der Waals surface area contributed by atoms with Crippen LogP contribution in [-0.4, -0.2) is 39.0 Å². The average Bonchev–Trinajstić information content (AvgIpc) is 3.16. The zero-order valence-electron chi connectivity index (χ0n) is 16.8. The second-order valence-electron chi connectivity index (χ2n) is 8.32. The summed E-state index contributed by atoms with van der Waals surface area (Å²) in [6.07, 6.45) is 3.15. The standard InChI is InChI=1S/C22H24N2O5S/c1-16-2-8-19(9-3-16)30(27)20-21(10-12-22(13-11-21)28-14-15-29-22)23(20)17-4-6-18(7-5-17)24(25)26/h2-9,20H,10-15H2,1H3. The lowest BCUT2D eigenvalue weighted by Gasteiger charge is -2.35. The van der Waals surface area contributed by atoms with Gasteiger partial charge in [-0.15, -0.1) is 0 Å². The van der Waals surface area contributed by atoms with Crippen molar-refractivity contribution in [2.75, 3.05) is 18.1 Å². The van der Waals surface area contributed by atoms with E-state index in [1.54, 1.807) is 12.1 Å². The van der Waals surface area contributed by atoms with Crippen LogP contribution >= 0.6 is 0 Å². The lowest BCUT2D eigenvalue weighted by molar-refractivity contribution is -0.384. The largest absolute Gasteiger partial charge is 0.348 e. The molecule has 2 aromatic carbocycles. The summed E-state index contributed by atoms with van der Waals surface area (Å²) in [6.45, 7) is 3.26. The topological polar surface area (TPSA) is 81.7 Å². The van der Waals surface area contributed by atoms with Crippen LogP contribution in [0.3, 0.4) is 0 Å². The number of nitrogens with zero attached hydrogens (tertiary/aromatic N) is 2. The van der Waals surface area contributed by atoms with E-state index in [0.717, 1.165) is 41.8 Å². The molecule has 2 aromatic rings. The third-order valence-corrected chi connectivity index (χ3v) is 8.38. The molecule has 5 rings (SSSR count). The van der Waals surface area contributed by atoms with E-state index < -0.39 is 21.5 Å². The molecule has 0 N–H and O–H groups in total. The van der Waals surface area contributed by atoms with Crippen LogP contribution < -0.4 is 4.90 Å². The Hall–Kier alpha value is -2.29. The molecule has 2 saturated heterocycles. The molecule has 2 aliphatic heterocycles. The highest BCUT2D eigenvalue weighted by molar-refractivity contribution is 7.86. The minimum Gasteiger partial charge on any atom is -0.348 e. The summed E-state index contributed by atoms with van der Waals surface area (Å²) in [4.78, 5) is 13.6. The van der Waals surface area contributed by atoms with Crippen molar-refractivity contribution < 1.29 is 18.6 Å². The summed E-state index contributed by atoms with van der Waals surface area (Å²) in [5, 5.41) is 10.9. The molecule has 2 spiro atoms. The van der Waals surface area contributed by atoms with Crippen LogP contribution in [-0.2, 0) is 20.3 Å². The van der Waals surface area contributed by atoms with Gasteiger partial charge in [0.1, 0.15) is 5.37 Å². The number of nitro benzene ring substituents is 1. The van der Waals surface area contributed by atoms with Crippen molar-refractivity contribution >= 4 is 22.2 Å². The zero-order chi connectivity index (χ0) is 20.9. The van der Waals surface area contributed by atoms with Crippen molar-refractivity contribution in [1.29, 1.82) is 0 Å². The summed E-state index contributed by atoms with van der Waals surface area (Å²) in [5.41, 5.74) is 1.81. The van der Waals surface area contributed by atoms with Crippen LogP contribution in [0.1, 0.15) is 31.2 Å². The van der Waals surface area contributed by atoms with Gasteiger partial charge in [0.25, 0.3) is 5.69 Å². The highest BCUT2D eigenvalue weighted by Gasteiger charge is 2.68. The lowest BCUT2D eigenvalue weighted by Crippen LogP contribution is -2.40. The van der Waals surface area contributed by atoms with Gasteiger partial charge in [0, 0.05) is 35.6 Å². The molecule has 7 nitrogen and oxygen atoms in total. The number of anilines is 1. The minimum atomic E-state index is -1.22. The molecule has 0 aromatic heterocycles. The quantitative estimate of drug-likeness (QED) is 0.417. The number of rotatable bonds is 4. The summed E-state index contributed by atoms with van der Waals surface area (Å²) in [6, 6.07) is 14.4. The number of nitro groups is 1. The van der Waals surface area contributed by atoms with Gasteiger partial charge in [0.05, 0.1) is 34.5 Å². The van der Waals surface area contributed by atoms with E-state index in [0.29, 0.717) is 13.2 Å². The molecule has 3 fully saturated rings. The number of aryl methyl sites for hydroxylation is 1. The molecule has 158 valence electrons. The normalized spacial score (nSPS) is 24.8. The van der Waals surface area contributed by atoms with Gasteiger partial charge >= 0.3 is 0 Å². The maximum absolute atomic E-state index is 13.6. The SMILES string of the molecule is Cc1ccc(S(=O)C2N(c3ccc([N+](=O)[O-])cc3)C23CCC2(CC3)OCCO2)cc1. The van der Waals surface area contributed by atoms with E-state index in [1.807, 2.05) is 31.2 Å². The van der Waals surface area contributed by atoms with Crippen molar-refractivity contribution in [1.82, 2.24) is 0 Å². The summed E-state index contributed by atoms with van der Waals surface area (Å²) >= 11 is 0. The predicted molar refractivity (Wildman–Crippen MR) is 113 cm³/mol. The Kier molecular flexibility index (Phi) is 4.68. The van der Waals surface area contributed by atoms with E-state index in [-0.39, 0.29) is 16.6 Å². The first-order valence-corrected chi connectivity index (χ1v) is 11.4. The Morgan fingerprint density at radius 2 is 1.60 bits per heavy atom. The average molecular weight is 429 g/mol. The molecule has 1 aliphatic carbocycles. The number of non-ortho nitro benzene ring substituents is 1. The molecule has 2 atom stereocenters. The van der Waals surface area contributed by atoms with E-state index in [2.05, 4.69) is 4.90 Å². The molecular formula is C22H24N2O5S. The van der Waals surface area contributed by atoms with Gasteiger partial charge < -0.3 is 14.4 Å². The number of hydrogen-bond acceptors (Lipinski definition) is 6. The van der Waals surface area contributed by atoms with Crippen LogP contribution in [0.15, 0.2) is 53.4 Å². The third kappa shape index (κ3) is 3.14. The Balaban J connectivity index is 1.45. The smallest absolute Gasteiger partial charge is 0.269 e. The van der Waals surface area contributed by atoms with Crippen molar-refractivity contribution in [2.45, 2.75) is 54.2 Å². The number of hydrogen-bond donors (Lipinski definition) is 0. The summed E-state index contributed by atoms with van der Waals surface area (Å²) in [7, 11) is -1.22. The maximum Gasteiger partial charge on any atom is 0.269 e. The van der Waals surface area contributed by atoms with Gasteiger partial charge in [0.2, 0.25) is 0 Å². The van der Waals surface area contributed by atoms with E-state index in [4.69, 9.17) is 9.47 Å². The molecule has 3 aliphatic rings. The van der Waals surface area contributed by atoms with E-state index in [1.165, 1.54) is 12.1 Å². The van der Waals surface area contributed by atoms with Crippen LogP contribution in [0.5, 0.6) is 0 Å². The molecule has 0 bridgehead atoms. The fourth-order valence-corrected chi connectivity index (χ4v) is 6.78. The fraction of sp³-hybridized carbons (Fsp3) is 0.455. The second kappa shape index (κ2) is 7.14. The van der Waals surface area contributed by atoms with Gasteiger partial charge in [-0.25, -0.2) is 0 Å². The van der Waals surface area contributed by atoms with Gasteiger partial charge in [-0.05, 0) is 44.0 Å². The molecule has 0 radical (unpaired) electrons. The molecule has 8 heteroatoms. The first kappa shape index (κ1) is 19.7. The Morgan fingerprint density at radius 3 is 2.17 bits per heavy atom. The number of benzene rings is 2. The summed E-state index contributed by atoms with van der Waals surface area (Å²) in [5.74, 6) is -0.495. The minimum absolute atomic E-state index is 0.0567. The van der Waals surface area contributed by atoms with E-state index >= 15 is 0 Å². The van der Waals surface area contributed by atoms with Crippen LogP contribution in [0, 0.1) is 17.0 Å². The van der Waals surface area contributed by atoms with Gasteiger partial charge in [-0.1, -0.05) is 17.7 Å². The monoisotopic (exact) mass is 428 g/mol. The highest BCUT2D eigenvalue weighted by Crippen LogP contribution is 2.58. The van der Waals surface area contributed by atoms with Crippen molar-refractivity contribution in [3.05, 3.63) is 64.2 Å². The van der Waals surface area contributed by atoms with Crippen molar-refractivity contribution in [2.24, 2.45) is 0 Å². The zero-order valence-corrected chi connectivity index (χ0v) is 17.6. The molecule has 0 amide bonds. The van der Waals surface area contributed by atoms with Gasteiger partial charge in [-0.2, -0.15) is 0 Å². The molecular weight excluding hydrogens is 404 g/mol. The van der Waals surface area contributed by atoms with Gasteiger partial charge in [0.15, 0.2) is 5.79 Å². The van der Waals surface area contributed by atoms with Crippen molar-refractivity contribution in [3.63, 3.8) is 0 Å². The molecule has 1 saturated carbocycles. The lowest BCUT2D eigenvalue weighted by atomic mass is 9.84. The first-order chi connectivity index (χ1) is 14.4. The predicted octanol–water partition coefficient (Wildman–Crippen LogP) is 3.91. The van der Waals surface area contributed by atoms with Gasteiger partial charge in [-0.3, -0.25) is 14.3 Å².